The predicted octanol–water partition coefficient (Wildman–Crippen LogP) is 4.62. The highest BCUT2D eigenvalue weighted by Gasteiger charge is 2.20. The van der Waals surface area contributed by atoms with Gasteiger partial charge >= 0.3 is 0 Å². The molecule has 1 amide bonds. The first-order valence-electron chi connectivity index (χ1n) is 9.23. The number of benzene rings is 2. The maximum Gasteiger partial charge on any atom is 0.281 e. The van der Waals surface area contributed by atoms with Crippen LogP contribution in [0.2, 0.25) is 5.02 Å². The van der Waals surface area contributed by atoms with Crippen LogP contribution in [0.4, 0.5) is 0 Å². The molecule has 0 fully saturated rings. The summed E-state index contributed by atoms with van der Waals surface area (Å²) >= 11 is 7.40. The zero-order chi connectivity index (χ0) is 21.3. The van der Waals surface area contributed by atoms with Gasteiger partial charge in [0.05, 0.1) is 5.39 Å². The number of carbonyl (C=O) groups excluding carboxylic acids is 1. The SMILES string of the molecule is Cc1sc2ncn(NC(=O)C(C)Oc3cccc(Cl)c3)c(=O)c2c1-c1ccccc1. The van der Waals surface area contributed by atoms with E-state index in [4.69, 9.17) is 16.3 Å². The highest BCUT2D eigenvalue weighted by molar-refractivity contribution is 7.19. The molecule has 0 aliphatic carbocycles. The third-order valence-corrected chi connectivity index (χ3v) is 5.81. The molecule has 0 radical (unpaired) electrons. The number of halogens is 1. The van der Waals surface area contributed by atoms with Gasteiger partial charge in [0.15, 0.2) is 6.10 Å². The molecule has 0 aliphatic heterocycles. The van der Waals surface area contributed by atoms with Crippen LogP contribution in [0.5, 0.6) is 5.75 Å². The van der Waals surface area contributed by atoms with E-state index in [0.29, 0.717) is 21.0 Å². The number of fused-ring (bicyclic) bond motifs is 1. The second kappa shape index (κ2) is 8.30. The zero-order valence-electron chi connectivity index (χ0n) is 16.3. The van der Waals surface area contributed by atoms with Gasteiger partial charge in [-0.05, 0) is 37.6 Å². The monoisotopic (exact) mass is 439 g/mol. The first-order valence-corrected chi connectivity index (χ1v) is 10.4. The van der Waals surface area contributed by atoms with Gasteiger partial charge in [0.25, 0.3) is 11.5 Å². The van der Waals surface area contributed by atoms with Crippen LogP contribution in [0.15, 0.2) is 65.7 Å². The highest BCUT2D eigenvalue weighted by Crippen LogP contribution is 2.35. The molecule has 6 nitrogen and oxygen atoms in total. The summed E-state index contributed by atoms with van der Waals surface area (Å²) in [5.41, 5.74) is 4.00. The summed E-state index contributed by atoms with van der Waals surface area (Å²) in [5.74, 6) is -0.0164. The van der Waals surface area contributed by atoms with Gasteiger partial charge < -0.3 is 4.74 Å². The second-order valence-corrected chi connectivity index (χ2v) is 8.33. The normalized spacial score (nSPS) is 12.0. The summed E-state index contributed by atoms with van der Waals surface area (Å²) < 4.78 is 6.72. The van der Waals surface area contributed by atoms with Gasteiger partial charge in [-0.1, -0.05) is 48.0 Å². The van der Waals surface area contributed by atoms with Crippen molar-refractivity contribution in [2.75, 3.05) is 5.43 Å². The lowest BCUT2D eigenvalue weighted by Crippen LogP contribution is -2.39. The van der Waals surface area contributed by atoms with E-state index in [1.807, 2.05) is 37.3 Å². The summed E-state index contributed by atoms with van der Waals surface area (Å²) in [6.07, 6.45) is 0.475. The maximum atomic E-state index is 13.2. The van der Waals surface area contributed by atoms with Gasteiger partial charge in [-0.2, -0.15) is 0 Å². The Kier molecular flexibility index (Phi) is 5.57. The van der Waals surface area contributed by atoms with E-state index >= 15 is 0 Å². The number of aromatic nitrogens is 2. The number of nitrogens with one attached hydrogen (secondary N) is 1. The average Bonchev–Trinajstić information content (AvgIpc) is 3.07. The van der Waals surface area contributed by atoms with E-state index in [1.165, 1.54) is 17.7 Å². The summed E-state index contributed by atoms with van der Waals surface area (Å²) in [5, 5.41) is 0.988. The van der Waals surface area contributed by atoms with Crippen LogP contribution in [-0.2, 0) is 4.79 Å². The summed E-state index contributed by atoms with van der Waals surface area (Å²) in [6, 6.07) is 16.4. The molecule has 0 aliphatic rings. The molecule has 1 atom stereocenters. The Morgan fingerprint density at radius 3 is 2.70 bits per heavy atom. The van der Waals surface area contributed by atoms with Crippen molar-refractivity contribution in [1.82, 2.24) is 9.66 Å². The topological polar surface area (TPSA) is 73.2 Å². The molecule has 8 heteroatoms. The molecule has 30 heavy (non-hydrogen) atoms. The van der Waals surface area contributed by atoms with Crippen molar-refractivity contribution in [3.05, 3.63) is 81.2 Å². The molecule has 4 aromatic rings. The number of aryl methyl sites for hydroxylation is 1. The van der Waals surface area contributed by atoms with E-state index in [0.717, 1.165) is 20.7 Å². The molecule has 0 saturated carbocycles. The number of hydrogen-bond donors (Lipinski definition) is 1. The lowest BCUT2D eigenvalue weighted by molar-refractivity contribution is -0.123. The van der Waals surface area contributed by atoms with E-state index < -0.39 is 12.0 Å². The van der Waals surface area contributed by atoms with Crippen molar-refractivity contribution in [3.8, 4) is 16.9 Å². The third kappa shape index (κ3) is 3.94. The molecule has 0 saturated heterocycles. The predicted molar refractivity (Wildman–Crippen MR) is 120 cm³/mol. The van der Waals surface area contributed by atoms with Crippen molar-refractivity contribution in [3.63, 3.8) is 0 Å². The number of rotatable bonds is 5. The Morgan fingerprint density at radius 1 is 1.20 bits per heavy atom. The Morgan fingerprint density at radius 2 is 1.97 bits per heavy atom. The fourth-order valence-corrected chi connectivity index (χ4v) is 4.33. The third-order valence-electron chi connectivity index (χ3n) is 4.56. The van der Waals surface area contributed by atoms with E-state index in [-0.39, 0.29) is 5.56 Å². The number of hydrogen-bond acceptors (Lipinski definition) is 5. The molecular formula is C22H18ClN3O3S. The van der Waals surface area contributed by atoms with Gasteiger partial charge in [-0.15, -0.1) is 11.3 Å². The molecule has 2 heterocycles. The van der Waals surface area contributed by atoms with Crippen molar-refractivity contribution >= 4 is 39.1 Å². The maximum absolute atomic E-state index is 13.2. The Labute approximate surface area is 181 Å². The van der Waals surface area contributed by atoms with Crippen LogP contribution in [0.3, 0.4) is 0 Å². The van der Waals surface area contributed by atoms with E-state index in [1.54, 1.807) is 31.2 Å². The number of thiophene rings is 1. The van der Waals surface area contributed by atoms with Crippen LogP contribution in [-0.4, -0.2) is 21.7 Å². The van der Waals surface area contributed by atoms with E-state index in [9.17, 15) is 9.59 Å². The Hall–Kier alpha value is -3.16. The Bertz CT molecular complexity index is 1280. The van der Waals surface area contributed by atoms with Gasteiger partial charge in [0.2, 0.25) is 0 Å². The fraction of sp³-hybridized carbons (Fsp3) is 0.136. The molecular weight excluding hydrogens is 422 g/mol. The first-order chi connectivity index (χ1) is 14.4. The van der Waals surface area contributed by atoms with Gasteiger partial charge in [-0.3, -0.25) is 15.0 Å². The molecule has 0 bridgehead atoms. The minimum Gasteiger partial charge on any atom is -0.481 e. The number of ether oxygens (including phenoxy) is 1. The summed E-state index contributed by atoms with van der Waals surface area (Å²) in [6.45, 7) is 3.55. The van der Waals surface area contributed by atoms with Crippen molar-refractivity contribution in [1.29, 1.82) is 0 Å². The van der Waals surface area contributed by atoms with Gasteiger partial charge in [0.1, 0.15) is 16.9 Å². The quantitative estimate of drug-likeness (QED) is 0.492. The number of nitrogens with zero attached hydrogens (tertiary/aromatic N) is 2. The van der Waals surface area contributed by atoms with Crippen LogP contribution in [0.25, 0.3) is 21.3 Å². The molecule has 1 N–H and O–H groups in total. The Balaban J connectivity index is 1.64. The number of amides is 1. The average molecular weight is 440 g/mol. The van der Waals surface area contributed by atoms with Crippen LogP contribution in [0, 0.1) is 6.92 Å². The van der Waals surface area contributed by atoms with E-state index in [2.05, 4.69) is 10.4 Å². The van der Waals surface area contributed by atoms with Crippen molar-refractivity contribution in [2.24, 2.45) is 0 Å². The lowest BCUT2D eigenvalue weighted by atomic mass is 10.0. The zero-order valence-corrected chi connectivity index (χ0v) is 17.8. The van der Waals surface area contributed by atoms with Crippen molar-refractivity contribution in [2.45, 2.75) is 20.0 Å². The minimum absolute atomic E-state index is 0.341. The van der Waals surface area contributed by atoms with Crippen molar-refractivity contribution < 1.29 is 9.53 Å². The van der Waals surface area contributed by atoms with Crippen LogP contribution < -0.4 is 15.7 Å². The molecule has 2 aromatic carbocycles. The smallest absolute Gasteiger partial charge is 0.281 e. The molecule has 1 unspecified atom stereocenters. The largest absolute Gasteiger partial charge is 0.481 e. The second-order valence-electron chi connectivity index (χ2n) is 6.69. The lowest BCUT2D eigenvalue weighted by Gasteiger charge is -2.15. The van der Waals surface area contributed by atoms with Gasteiger partial charge in [-0.25, -0.2) is 9.66 Å². The van der Waals surface area contributed by atoms with Crippen LogP contribution in [0.1, 0.15) is 11.8 Å². The first kappa shape index (κ1) is 20.1. The molecule has 4 rings (SSSR count). The fourth-order valence-electron chi connectivity index (χ4n) is 3.14. The standard InChI is InChI=1S/C22H18ClN3O3S/c1-13(29-17-10-6-9-16(23)11-17)20(27)25-26-12-24-21-19(22(26)28)18(14(2)30-21)15-7-4-3-5-8-15/h3-13H,1-2H3,(H,25,27). The van der Waals surface area contributed by atoms with Crippen LogP contribution >= 0.6 is 22.9 Å². The molecule has 2 aromatic heterocycles. The summed E-state index contributed by atoms with van der Waals surface area (Å²) in [4.78, 5) is 31.7. The summed E-state index contributed by atoms with van der Waals surface area (Å²) in [7, 11) is 0. The number of carbonyl (C=O) groups is 1. The molecule has 152 valence electrons. The highest BCUT2D eigenvalue weighted by atomic mass is 35.5. The van der Waals surface area contributed by atoms with Gasteiger partial charge in [0, 0.05) is 15.5 Å². The minimum atomic E-state index is -0.844. The molecule has 0 spiro atoms.